The topological polar surface area (TPSA) is 96.4 Å². The monoisotopic (exact) mass is 517 g/mol. The molecule has 1 unspecified atom stereocenters. The number of benzene rings is 2. The van der Waals surface area contributed by atoms with E-state index >= 15 is 0 Å². The van der Waals surface area contributed by atoms with Gasteiger partial charge in [0, 0.05) is 29.6 Å². The van der Waals surface area contributed by atoms with Gasteiger partial charge in [-0.05, 0) is 49.7 Å². The van der Waals surface area contributed by atoms with Gasteiger partial charge in [-0.3, -0.25) is 9.59 Å². The lowest BCUT2D eigenvalue weighted by atomic mass is 9.94. The number of ketones is 1. The van der Waals surface area contributed by atoms with E-state index in [0.717, 1.165) is 23.9 Å². The highest BCUT2D eigenvalue weighted by Crippen LogP contribution is 2.37. The fourth-order valence-corrected chi connectivity index (χ4v) is 4.28. The molecule has 2 aromatic rings. The zero-order chi connectivity index (χ0) is 27.0. The summed E-state index contributed by atoms with van der Waals surface area (Å²) in [4.78, 5) is 25.2. The molecule has 190 valence electrons. The number of nitrogens with zero attached hydrogens (tertiary/aromatic N) is 2. The van der Waals surface area contributed by atoms with Crippen molar-refractivity contribution in [2.75, 3.05) is 17.3 Å². The summed E-state index contributed by atoms with van der Waals surface area (Å²) in [7, 11) is 0. The van der Waals surface area contributed by atoms with Crippen LogP contribution in [0.4, 0.5) is 18.9 Å². The van der Waals surface area contributed by atoms with Gasteiger partial charge in [0.05, 0.1) is 28.3 Å². The molecule has 0 amide bonds. The van der Waals surface area contributed by atoms with Crippen molar-refractivity contribution < 1.29 is 27.5 Å². The highest BCUT2D eigenvalue weighted by atomic mass is 32.2. The molecule has 0 radical (unpaired) electrons. The molecule has 0 aliphatic rings. The molecule has 2 rings (SSSR count). The molecule has 36 heavy (non-hydrogen) atoms. The number of hydrogen-bond acceptors (Lipinski definition) is 7. The summed E-state index contributed by atoms with van der Waals surface area (Å²) < 4.78 is 45.3. The molecule has 10 heteroatoms. The number of nitrogens with two attached hydrogens (primary N) is 1. The number of esters is 1. The van der Waals surface area contributed by atoms with Crippen molar-refractivity contribution in [3.8, 4) is 6.07 Å². The molecule has 0 spiro atoms. The average molecular weight is 518 g/mol. The lowest BCUT2D eigenvalue weighted by Gasteiger charge is -2.31. The van der Waals surface area contributed by atoms with Crippen LogP contribution < -0.4 is 10.6 Å². The van der Waals surface area contributed by atoms with Crippen LogP contribution in [0, 0.1) is 11.3 Å². The third kappa shape index (κ3) is 7.47. The second-order valence-corrected chi connectivity index (χ2v) is 8.90. The Bertz CT molecular complexity index is 1200. The molecule has 0 aliphatic carbocycles. The number of rotatable bonds is 10. The minimum atomic E-state index is -4.58. The van der Waals surface area contributed by atoms with Crippen molar-refractivity contribution in [1.29, 1.82) is 5.26 Å². The Labute approximate surface area is 212 Å². The second kappa shape index (κ2) is 12.4. The van der Waals surface area contributed by atoms with Crippen molar-refractivity contribution in [2.45, 2.75) is 33.0 Å². The molecule has 0 heterocycles. The van der Waals surface area contributed by atoms with Gasteiger partial charge in [0.25, 0.3) is 0 Å². The number of Topliss-reactive ketones (excluding diaryl/α,β-unsaturated/α-hetero) is 1. The molecule has 0 bridgehead atoms. The summed E-state index contributed by atoms with van der Waals surface area (Å²) in [6.07, 6.45) is -4.58. The minimum absolute atomic E-state index is 0.0720. The van der Waals surface area contributed by atoms with E-state index in [9.17, 15) is 22.8 Å². The van der Waals surface area contributed by atoms with Crippen LogP contribution in [0.15, 0.2) is 71.4 Å². The average Bonchev–Trinajstić information content (AvgIpc) is 2.81. The molecule has 2 N–H and O–H groups in total. The van der Waals surface area contributed by atoms with Crippen LogP contribution in [0.3, 0.4) is 0 Å². The van der Waals surface area contributed by atoms with Gasteiger partial charge in [-0.1, -0.05) is 24.8 Å². The summed E-state index contributed by atoms with van der Waals surface area (Å²) >= 11 is 1.16. The number of carbonyl (C=O) groups is 2. The van der Waals surface area contributed by atoms with E-state index in [0.29, 0.717) is 21.9 Å². The van der Waals surface area contributed by atoms with Crippen LogP contribution in [0.1, 0.15) is 43.5 Å². The van der Waals surface area contributed by atoms with Crippen molar-refractivity contribution in [2.24, 2.45) is 5.73 Å². The van der Waals surface area contributed by atoms with E-state index in [1.54, 1.807) is 31.2 Å². The second-order valence-electron chi connectivity index (χ2n) is 7.73. The lowest BCUT2D eigenvalue weighted by Crippen LogP contribution is -2.27. The summed E-state index contributed by atoms with van der Waals surface area (Å²) in [5.74, 6) is -0.545. The molecule has 0 saturated carbocycles. The Kier molecular flexibility index (Phi) is 9.90. The largest absolute Gasteiger partial charge is 0.465 e. The Morgan fingerprint density at radius 3 is 2.33 bits per heavy atom. The lowest BCUT2D eigenvalue weighted by molar-refractivity contribution is -0.140. The molecule has 1 atom stereocenters. The number of anilines is 1. The Hall–Kier alpha value is -3.55. The SMILES string of the molecule is C=C(SCCOC(C)=O)N(/C(C)=C(/C(C)=O)C(N)c1ccc(C#N)cc1)c1cccc(C(F)(F)F)c1. The number of alkyl halides is 3. The van der Waals surface area contributed by atoms with Crippen LogP contribution in [0.5, 0.6) is 0 Å². The van der Waals surface area contributed by atoms with Crippen LogP contribution in [-0.4, -0.2) is 24.1 Å². The fourth-order valence-electron chi connectivity index (χ4n) is 3.51. The summed E-state index contributed by atoms with van der Waals surface area (Å²) in [5.41, 5.74) is 7.14. The third-order valence-electron chi connectivity index (χ3n) is 5.15. The Morgan fingerprint density at radius 2 is 1.81 bits per heavy atom. The van der Waals surface area contributed by atoms with Crippen molar-refractivity contribution in [3.63, 3.8) is 0 Å². The van der Waals surface area contributed by atoms with Gasteiger partial charge in [-0.2, -0.15) is 18.4 Å². The van der Waals surface area contributed by atoms with E-state index in [1.165, 1.54) is 30.9 Å². The first-order valence-corrected chi connectivity index (χ1v) is 11.7. The molecule has 2 aromatic carbocycles. The number of allylic oxidation sites excluding steroid dienone is 1. The van der Waals surface area contributed by atoms with Crippen LogP contribution in [-0.2, 0) is 20.5 Å². The third-order valence-corrected chi connectivity index (χ3v) is 6.04. The molecule has 0 aliphatic heterocycles. The fraction of sp³-hybridized carbons (Fsp3) is 0.269. The van der Waals surface area contributed by atoms with Gasteiger partial charge < -0.3 is 15.4 Å². The first kappa shape index (κ1) is 28.7. The smallest absolute Gasteiger partial charge is 0.416 e. The molecule has 0 saturated heterocycles. The number of thioether (sulfide) groups is 1. The maximum absolute atomic E-state index is 13.5. The van der Waals surface area contributed by atoms with Crippen LogP contribution in [0.2, 0.25) is 0 Å². The number of nitriles is 1. The van der Waals surface area contributed by atoms with Crippen molar-refractivity contribution >= 4 is 29.2 Å². The number of halogens is 3. The van der Waals surface area contributed by atoms with E-state index in [4.69, 9.17) is 15.7 Å². The number of hydrogen-bond donors (Lipinski definition) is 1. The molecule has 6 nitrogen and oxygen atoms in total. The van der Waals surface area contributed by atoms with Crippen molar-refractivity contribution in [1.82, 2.24) is 0 Å². The zero-order valence-corrected chi connectivity index (χ0v) is 20.9. The van der Waals surface area contributed by atoms with Gasteiger partial charge >= 0.3 is 12.1 Å². The first-order valence-electron chi connectivity index (χ1n) is 10.8. The maximum atomic E-state index is 13.5. The summed E-state index contributed by atoms with van der Waals surface area (Å²) in [6.45, 7) is 8.25. The summed E-state index contributed by atoms with van der Waals surface area (Å²) in [6, 6.07) is 12.1. The molecule has 0 aromatic heterocycles. The van der Waals surface area contributed by atoms with Crippen molar-refractivity contribution in [3.05, 3.63) is 88.1 Å². The van der Waals surface area contributed by atoms with E-state index in [-0.39, 0.29) is 29.4 Å². The van der Waals surface area contributed by atoms with Gasteiger partial charge in [0.15, 0.2) is 5.78 Å². The van der Waals surface area contributed by atoms with Gasteiger partial charge in [0.1, 0.15) is 6.61 Å². The zero-order valence-electron chi connectivity index (χ0n) is 20.1. The standard InChI is InChI=1S/C26H26F3N3O3S/c1-16(24(17(2)33)25(31)21-10-8-20(15-30)9-11-21)32(18(3)36-13-12-35-19(4)34)23-7-5-6-22(14-23)26(27,28)29/h5-11,14,25H,3,12-13,31H2,1-2,4H3/b24-16-. The number of carbonyl (C=O) groups excluding carboxylic acids is 2. The highest BCUT2D eigenvalue weighted by molar-refractivity contribution is 8.03. The van der Waals surface area contributed by atoms with E-state index < -0.39 is 23.8 Å². The summed E-state index contributed by atoms with van der Waals surface area (Å²) in [5, 5.41) is 9.35. The van der Waals surface area contributed by atoms with E-state index in [2.05, 4.69) is 6.58 Å². The quantitative estimate of drug-likeness (QED) is 0.245. The van der Waals surface area contributed by atoms with E-state index in [1.807, 2.05) is 6.07 Å². The van der Waals surface area contributed by atoms with Gasteiger partial charge in [-0.25, -0.2) is 0 Å². The first-order chi connectivity index (χ1) is 16.9. The highest BCUT2D eigenvalue weighted by Gasteiger charge is 2.32. The van der Waals surface area contributed by atoms with Crippen LogP contribution >= 0.6 is 11.8 Å². The van der Waals surface area contributed by atoms with Crippen LogP contribution in [0.25, 0.3) is 0 Å². The molecular formula is C26H26F3N3O3S. The predicted molar refractivity (Wildman–Crippen MR) is 134 cm³/mol. The number of ether oxygens (including phenoxy) is 1. The Morgan fingerprint density at radius 1 is 1.17 bits per heavy atom. The minimum Gasteiger partial charge on any atom is -0.465 e. The molecule has 0 fully saturated rings. The Balaban J connectivity index is 2.59. The molecular weight excluding hydrogens is 491 g/mol. The maximum Gasteiger partial charge on any atom is 0.416 e. The van der Waals surface area contributed by atoms with Gasteiger partial charge in [0.2, 0.25) is 0 Å². The van der Waals surface area contributed by atoms with Gasteiger partial charge in [-0.15, -0.1) is 11.8 Å². The normalized spacial score (nSPS) is 12.7. The predicted octanol–water partition coefficient (Wildman–Crippen LogP) is 5.71.